The molecule has 1 saturated heterocycles. The van der Waals surface area contributed by atoms with Gasteiger partial charge in [0.05, 0.1) is 23.7 Å². The first-order chi connectivity index (χ1) is 12.1. The van der Waals surface area contributed by atoms with Gasteiger partial charge in [-0.15, -0.1) is 11.3 Å². The number of carbonyl (C=O) groups excluding carboxylic acids is 1. The number of aryl methyl sites for hydroxylation is 1. The van der Waals surface area contributed by atoms with Gasteiger partial charge in [-0.2, -0.15) is 0 Å². The van der Waals surface area contributed by atoms with Crippen molar-refractivity contribution in [1.82, 2.24) is 4.98 Å². The Morgan fingerprint density at radius 3 is 2.84 bits per heavy atom. The molecule has 3 aromatic rings. The predicted octanol–water partition coefficient (Wildman–Crippen LogP) is 2.88. The van der Waals surface area contributed by atoms with Crippen molar-refractivity contribution in [3.05, 3.63) is 51.6 Å². The molecule has 2 N–H and O–H groups in total. The zero-order valence-corrected chi connectivity index (χ0v) is 14.3. The van der Waals surface area contributed by atoms with Crippen molar-refractivity contribution in [1.29, 1.82) is 0 Å². The number of ether oxygens (including phenoxy) is 1. The molecule has 1 fully saturated rings. The molecule has 3 heterocycles. The molecular weight excluding hydrogens is 340 g/mol. The molecule has 2 aromatic heterocycles. The fourth-order valence-corrected chi connectivity index (χ4v) is 3.91. The van der Waals surface area contributed by atoms with Crippen LogP contribution in [0.1, 0.15) is 5.56 Å². The minimum absolute atomic E-state index is 0.201. The molecule has 6 nitrogen and oxygen atoms in total. The summed E-state index contributed by atoms with van der Waals surface area (Å²) in [4.78, 5) is 29.9. The molecule has 25 heavy (non-hydrogen) atoms. The van der Waals surface area contributed by atoms with E-state index in [1.807, 2.05) is 30.5 Å². The van der Waals surface area contributed by atoms with Gasteiger partial charge in [0.2, 0.25) is 0 Å². The Bertz CT molecular complexity index is 1020. The van der Waals surface area contributed by atoms with Crippen LogP contribution in [0.3, 0.4) is 0 Å². The van der Waals surface area contributed by atoms with Gasteiger partial charge in [0.25, 0.3) is 5.56 Å². The van der Waals surface area contributed by atoms with Crippen molar-refractivity contribution < 1.29 is 14.6 Å². The second kappa shape index (κ2) is 6.02. The number of rotatable bonds is 3. The molecule has 7 heteroatoms. The number of aromatic amines is 1. The van der Waals surface area contributed by atoms with Crippen LogP contribution in [0.15, 0.2) is 40.5 Å². The lowest BCUT2D eigenvalue weighted by atomic mass is 10.1. The van der Waals surface area contributed by atoms with Crippen LogP contribution in [0.2, 0.25) is 0 Å². The number of nitrogens with zero attached hydrogens (tertiary/aromatic N) is 1. The van der Waals surface area contributed by atoms with Crippen LogP contribution in [0.5, 0.6) is 0 Å². The Morgan fingerprint density at radius 2 is 2.16 bits per heavy atom. The van der Waals surface area contributed by atoms with E-state index in [4.69, 9.17) is 9.84 Å². The van der Waals surface area contributed by atoms with Crippen molar-refractivity contribution in [2.75, 3.05) is 18.1 Å². The summed E-state index contributed by atoms with van der Waals surface area (Å²) in [7, 11) is 0. The number of aliphatic hydroxyl groups is 1. The van der Waals surface area contributed by atoms with E-state index in [9.17, 15) is 9.59 Å². The van der Waals surface area contributed by atoms with Crippen molar-refractivity contribution >= 4 is 33.9 Å². The van der Waals surface area contributed by atoms with Crippen molar-refractivity contribution in [2.45, 2.75) is 13.0 Å². The molecule has 128 valence electrons. The van der Waals surface area contributed by atoms with Crippen LogP contribution in [0.4, 0.5) is 10.5 Å². The van der Waals surface area contributed by atoms with Crippen LogP contribution in [0, 0.1) is 6.92 Å². The molecule has 4 rings (SSSR count). The molecule has 1 aliphatic rings. The largest absolute Gasteiger partial charge is 0.441 e. The number of fused-ring (bicyclic) bond motifs is 1. The third-order valence-electron chi connectivity index (χ3n) is 4.33. The maximum absolute atomic E-state index is 12.5. The van der Waals surface area contributed by atoms with Gasteiger partial charge >= 0.3 is 6.09 Å². The quantitative estimate of drug-likeness (QED) is 0.756. The summed E-state index contributed by atoms with van der Waals surface area (Å²) < 4.78 is 5.05. The molecule has 0 saturated carbocycles. The molecule has 1 unspecified atom stereocenters. The number of hydrogen-bond acceptors (Lipinski definition) is 5. The van der Waals surface area contributed by atoms with E-state index >= 15 is 0 Å². The summed E-state index contributed by atoms with van der Waals surface area (Å²) in [5.41, 5.74) is 2.29. The van der Waals surface area contributed by atoms with Gasteiger partial charge in [-0.25, -0.2) is 4.79 Å². The minimum atomic E-state index is -0.536. The fraction of sp³-hybridized carbons (Fsp3) is 0.222. The van der Waals surface area contributed by atoms with E-state index in [1.54, 1.807) is 23.5 Å². The Labute approximate surface area is 147 Å². The maximum Gasteiger partial charge on any atom is 0.414 e. The average Bonchev–Trinajstić information content (AvgIpc) is 3.20. The van der Waals surface area contributed by atoms with Gasteiger partial charge in [0.1, 0.15) is 6.10 Å². The second-order valence-corrected chi connectivity index (χ2v) is 6.93. The summed E-state index contributed by atoms with van der Waals surface area (Å²) in [6.07, 6.45) is -1.05. The highest BCUT2D eigenvalue weighted by Gasteiger charge is 2.31. The molecule has 1 amide bonds. The molecule has 0 bridgehead atoms. The van der Waals surface area contributed by atoms with E-state index in [0.717, 1.165) is 21.5 Å². The number of benzene rings is 1. The zero-order chi connectivity index (χ0) is 17.6. The maximum atomic E-state index is 12.5. The summed E-state index contributed by atoms with van der Waals surface area (Å²) in [6, 6.07) is 9.25. The fourth-order valence-electron chi connectivity index (χ4n) is 3.01. The van der Waals surface area contributed by atoms with E-state index < -0.39 is 12.2 Å². The topological polar surface area (TPSA) is 82.6 Å². The number of thiophene rings is 1. The van der Waals surface area contributed by atoms with Crippen LogP contribution in [-0.4, -0.2) is 35.4 Å². The summed E-state index contributed by atoms with van der Waals surface area (Å²) in [5, 5.41) is 12.5. The van der Waals surface area contributed by atoms with Crippen LogP contribution < -0.4 is 10.5 Å². The smallest absolute Gasteiger partial charge is 0.414 e. The molecule has 0 spiro atoms. The number of anilines is 1. The molecule has 1 aromatic carbocycles. The number of hydrogen-bond donors (Lipinski definition) is 2. The first-order valence-electron chi connectivity index (χ1n) is 7.87. The Kier molecular flexibility index (Phi) is 3.82. The van der Waals surface area contributed by atoms with Gasteiger partial charge in [0.15, 0.2) is 0 Å². The van der Waals surface area contributed by atoms with E-state index in [2.05, 4.69) is 4.98 Å². The standard InChI is InChI=1S/C18H16N2O4S/c1-10-4-5-25-16(10)15-6-11-2-3-12(7-14(11)17(22)19-15)20-8-13(9-21)24-18(20)23/h2-7,13,21H,8-9H2,1H3,(H,19,22). The Morgan fingerprint density at radius 1 is 1.32 bits per heavy atom. The van der Waals surface area contributed by atoms with E-state index in [1.165, 1.54) is 4.90 Å². The van der Waals surface area contributed by atoms with Gasteiger partial charge in [-0.1, -0.05) is 6.07 Å². The SMILES string of the molecule is Cc1ccsc1-c1cc2ccc(N3CC(CO)OC3=O)cc2c(=O)[nH]1. The molecule has 1 atom stereocenters. The van der Waals surface area contributed by atoms with Crippen molar-refractivity contribution in [3.8, 4) is 10.6 Å². The monoisotopic (exact) mass is 356 g/mol. The first kappa shape index (κ1) is 15.9. The second-order valence-electron chi connectivity index (χ2n) is 6.02. The number of pyridine rings is 1. The van der Waals surface area contributed by atoms with Crippen LogP contribution in [-0.2, 0) is 4.74 Å². The summed E-state index contributed by atoms with van der Waals surface area (Å²) in [6.45, 7) is 2.05. The number of carbonyl (C=O) groups is 1. The van der Waals surface area contributed by atoms with Crippen LogP contribution in [0.25, 0.3) is 21.3 Å². The highest BCUT2D eigenvalue weighted by atomic mass is 32.1. The zero-order valence-electron chi connectivity index (χ0n) is 13.5. The Hall–Kier alpha value is -2.64. The molecule has 0 aliphatic carbocycles. The minimum Gasteiger partial charge on any atom is -0.441 e. The highest BCUT2D eigenvalue weighted by Crippen LogP contribution is 2.30. The average molecular weight is 356 g/mol. The van der Waals surface area contributed by atoms with Crippen molar-refractivity contribution in [2.24, 2.45) is 0 Å². The number of cyclic esters (lactones) is 1. The van der Waals surface area contributed by atoms with Gasteiger partial charge < -0.3 is 14.8 Å². The lowest BCUT2D eigenvalue weighted by Crippen LogP contribution is -2.25. The van der Waals surface area contributed by atoms with Gasteiger partial charge in [-0.05, 0) is 47.5 Å². The predicted molar refractivity (Wildman–Crippen MR) is 97.3 cm³/mol. The number of amides is 1. The van der Waals surface area contributed by atoms with Crippen molar-refractivity contribution in [3.63, 3.8) is 0 Å². The highest BCUT2D eigenvalue weighted by molar-refractivity contribution is 7.13. The van der Waals surface area contributed by atoms with E-state index in [0.29, 0.717) is 11.1 Å². The number of aliphatic hydroxyl groups excluding tert-OH is 1. The Balaban J connectivity index is 1.77. The third kappa shape index (κ3) is 2.71. The molecular formula is C18H16N2O4S. The van der Waals surface area contributed by atoms with Crippen LogP contribution >= 0.6 is 11.3 Å². The van der Waals surface area contributed by atoms with Gasteiger partial charge in [0, 0.05) is 11.1 Å². The van der Waals surface area contributed by atoms with Gasteiger partial charge in [-0.3, -0.25) is 9.69 Å². The lowest BCUT2D eigenvalue weighted by Gasteiger charge is -2.13. The molecule has 0 radical (unpaired) electrons. The normalized spacial score (nSPS) is 17.3. The third-order valence-corrected chi connectivity index (χ3v) is 5.38. The lowest BCUT2D eigenvalue weighted by molar-refractivity contribution is 0.0963. The number of nitrogens with one attached hydrogen (secondary N) is 1. The number of H-pyrrole nitrogens is 1. The molecule has 1 aliphatic heterocycles. The first-order valence-corrected chi connectivity index (χ1v) is 8.75. The summed E-state index contributed by atoms with van der Waals surface area (Å²) >= 11 is 1.58. The summed E-state index contributed by atoms with van der Waals surface area (Å²) in [5.74, 6) is 0. The number of aromatic nitrogens is 1. The van der Waals surface area contributed by atoms with E-state index in [-0.39, 0.29) is 18.7 Å².